The molecule has 9 nitrogen and oxygen atoms in total. The van der Waals surface area contributed by atoms with E-state index in [9.17, 15) is 9.59 Å². The van der Waals surface area contributed by atoms with Gasteiger partial charge in [0.2, 0.25) is 11.7 Å². The van der Waals surface area contributed by atoms with Gasteiger partial charge in [-0.05, 0) is 19.4 Å². The number of carbonyl (C=O) groups is 1. The van der Waals surface area contributed by atoms with Gasteiger partial charge in [-0.25, -0.2) is 14.8 Å². The molecule has 0 atom stereocenters. The minimum absolute atomic E-state index is 0.117. The van der Waals surface area contributed by atoms with Crippen molar-refractivity contribution in [2.75, 3.05) is 6.61 Å². The van der Waals surface area contributed by atoms with Crippen LogP contribution in [0.15, 0.2) is 41.5 Å². The first-order chi connectivity index (χ1) is 13.0. The zero-order chi connectivity index (χ0) is 19.4. The third kappa shape index (κ3) is 3.86. The van der Waals surface area contributed by atoms with Gasteiger partial charge in [0.1, 0.15) is 18.8 Å². The van der Waals surface area contributed by atoms with Crippen LogP contribution in [0.25, 0.3) is 5.95 Å². The Balaban J connectivity index is 2.06. The van der Waals surface area contributed by atoms with Crippen LogP contribution >= 0.6 is 0 Å². The number of esters is 1. The minimum Gasteiger partial charge on any atom is -0.481 e. The molecule has 27 heavy (non-hydrogen) atoms. The first-order valence-electron chi connectivity index (χ1n) is 8.34. The molecule has 0 bridgehead atoms. The van der Waals surface area contributed by atoms with E-state index in [2.05, 4.69) is 15.1 Å². The van der Waals surface area contributed by atoms with Crippen LogP contribution in [0, 0.1) is 6.92 Å². The maximum Gasteiger partial charge on any atom is 0.361 e. The molecule has 2 aromatic heterocycles. The number of hydrogen-bond donors (Lipinski definition) is 0. The lowest BCUT2D eigenvalue weighted by atomic mass is 10.2. The Kier molecular flexibility index (Phi) is 5.30. The van der Waals surface area contributed by atoms with Crippen molar-refractivity contribution in [3.05, 3.63) is 64.1 Å². The fraction of sp³-hybridized carbons (Fsp3) is 0.278. The normalized spacial score (nSPS) is 10.6. The Morgan fingerprint density at radius 1 is 1.22 bits per heavy atom. The van der Waals surface area contributed by atoms with E-state index < -0.39 is 11.5 Å². The summed E-state index contributed by atoms with van der Waals surface area (Å²) in [6.07, 6.45) is 1.41. The summed E-state index contributed by atoms with van der Waals surface area (Å²) in [5, 5.41) is 4.14. The molecule has 0 saturated carbocycles. The van der Waals surface area contributed by atoms with Gasteiger partial charge in [0.15, 0.2) is 5.69 Å². The zero-order valence-electron chi connectivity index (χ0n) is 15.2. The van der Waals surface area contributed by atoms with Crippen molar-refractivity contribution in [2.45, 2.75) is 20.5 Å². The Morgan fingerprint density at radius 3 is 2.59 bits per heavy atom. The smallest absolute Gasteiger partial charge is 0.361 e. The molecular formula is C18H19N5O4. The molecule has 0 saturated heterocycles. The number of carbonyl (C=O) groups excluding carboxylic acids is 1. The number of aryl methyl sites for hydroxylation is 1. The summed E-state index contributed by atoms with van der Waals surface area (Å²) in [6.45, 7) is 3.64. The third-order valence-electron chi connectivity index (χ3n) is 3.73. The predicted molar refractivity (Wildman–Crippen MR) is 95.9 cm³/mol. The summed E-state index contributed by atoms with van der Waals surface area (Å²) in [4.78, 5) is 33.5. The lowest BCUT2D eigenvalue weighted by Crippen LogP contribution is -2.28. The molecule has 1 aromatic carbocycles. The van der Waals surface area contributed by atoms with E-state index in [1.54, 1.807) is 13.8 Å². The van der Waals surface area contributed by atoms with Crippen LogP contribution in [0.3, 0.4) is 0 Å². The van der Waals surface area contributed by atoms with Crippen LogP contribution in [-0.4, -0.2) is 36.9 Å². The highest BCUT2D eigenvalue weighted by Gasteiger charge is 2.24. The molecule has 0 aliphatic carbocycles. The Labute approximate surface area is 155 Å². The van der Waals surface area contributed by atoms with E-state index in [1.807, 2.05) is 30.3 Å². The monoisotopic (exact) mass is 369 g/mol. The molecule has 0 radical (unpaired) electrons. The highest BCUT2D eigenvalue weighted by Crippen LogP contribution is 2.16. The Hall–Kier alpha value is -3.49. The molecule has 9 heteroatoms. The van der Waals surface area contributed by atoms with Gasteiger partial charge in [-0.1, -0.05) is 30.3 Å². The van der Waals surface area contributed by atoms with Crippen LogP contribution in [0.2, 0.25) is 0 Å². The van der Waals surface area contributed by atoms with Crippen LogP contribution in [-0.2, 0) is 18.4 Å². The molecular weight excluding hydrogens is 350 g/mol. The fourth-order valence-electron chi connectivity index (χ4n) is 2.41. The van der Waals surface area contributed by atoms with Crippen LogP contribution in [0.4, 0.5) is 0 Å². The van der Waals surface area contributed by atoms with Gasteiger partial charge in [-0.2, -0.15) is 4.68 Å². The number of rotatable bonds is 6. The van der Waals surface area contributed by atoms with Gasteiger partial charge in [0.05, 0.1) is 6.61 Å². The summed E-state index contributed by atoms with van der Waals surface area (Å²) >= 11 is 0. The molecule has 0 aliphatic heterocycles. The van der Waals surface area contributed by atoms with E-state index in [4.69, 9.17) is 9.47 Å². The third-order valence-corrected chi connectivity index (χ3v) is 3.73. The van der Waals surface area contributed by atoms with E-state index in [0.29, 0.717) is 5.82 Å². The average Bonchev–Trinajstić information content (AvgIpc) is 3.10. The molecule has 3 aromatic rings. The van der Waals surface area contributed by atoms with Crippen molar-refractivity contribution in [1.82, 2.24) is 24.3 Å². The van der Waals surface area contributed by atoms with Gasteiger partial charge >= 0.3 is 5.97 Å². The zero-order valence-corrected chi connectivity index (χ0v) is 15.2. The quantitative estimate of drug-likeness (QED) is 0.606. The second-order valence-electron chi connectivity index (χ2n) is 5.68. The molecule has 0 amide bonds. The number of benzene rings is 1. The SMILES string of the molecule is CCOC(=O)c1nc(-n2cnc(C)n2)n(C)c(=O)c1OCc1ccccc1. The molecule has 2 heterocycles. The van der Waals surface area contributed by atoms with Crippen molar-refractivity contribution in [3.8, 4) is 11.7 Å². The maximum atomic E-state index is 12.8. The molecule has 140 valence electrons. The average molecular weight is 369 g/mol. The summed E-state index contributed by atoms with van der Waals surface area (Å²) < 4.78 is 13.3. The van der Waals surface area contributed by atoms with Crippen molar-refractivity contribution in [3.63, 3.8) is 0 Å². The highest BCUT2D eigenvalue weighted by molar-refractivity contribution is 5.90. The lowest BCUT2D eigenvalue weighted by molar-refractivity contribution is 0.0512. The van der Waals surface area contributed by atoms with E-state index in [1.165, 1.54) is 22.6 Å². The van der Waals surface area contributed by atoms with Crippen LogP contribution in [0.1, 0.15) is 28.8 Å². The topological polar surface area (TPSA) is 101 Å². The van der Waals surface area contributed by atoms with Crippen molar-refractivity contribution in [2.24, 2.45) is 7.05 Å². The predicted octanol–water partition coefficient (Wildman–Crippen LogP) is 1.43. The molecule has 0 unspecified atom stereocenters. The first-order valence-corrected chi connectivity index (χ1v) is 8.34. The largest absolute Gasteiger partial charge is 0.481 e. The van der Waals surface area contributed by atoms with E-state index in [-0.39, 0.29) is 30.6 Å². The molecule has 0 fully saturated rings. The highest BCUT2D eigenvalue weighted by atomic mass is 16.5. The molecule has 0 N–H and O–H groups in total. The van der Waals surface area contributed by atoms with Crippen molar-refractivity contribution >= 4 is 5.97 Å². The van der Waals surface area contributed by atoms with E-state index in [0.717, 1.165) is 5.56 Å². The number of aromatic nitrogens is 5. The summed E-state index contributed by atoms with van der Waals surface area (Å²) in [5.74, 6) is -0.265. The van der Waals surface area contributed by atoms with Crippen LogP contribution < -0.4 is 10.3 Å². The molecule has 0 aliphatic rings. The summed E-state index contributed by atoms with van der Waals surface area (Å²) in [5.41, 5.74) is 0.136. The Bertz CT molecular complexity index is 1010. The second-order valence-corrected chi connectivity index (χ2v) is 5.68. The summed E-state index contributed by atoms with van der Waals surface area (Å²) in [6, 6.07) is 9.31. The van der Waals surface area contributed by atoms with Gasteiger partial charge < -0.3 is 9.47 Å². The van der Waals surface area contributed by atoms with Gasteiger partial charge in [-0.3, -0.25) is 9.36 Å². The first kappa shape index (κ1) is 18.3. The molecule has 0 spiro atoms. The minimum atomic E-state index is -0.739. The maximum absolute atomic E-state index is 12.8. The van der Waals surface area contributed by atoms with Gasteiger partial charge in [0, 0.05) is 7.05 Å². The van der Waals surface area contributed by atoms with Crippen molar-refractivity contribution in [1.29, 1.82) is 0 Å². The Morgan fingerprint density at radius 2 is 1.96 bits per heavy atom. The van der Waals surface area contributed by atoms with Crippen LogP contribution in [0.5, 0.6) is 5.75 Å². The number of ether oxygens (including phenoxy) is 2. The van der Waals surface area contributed by atoms with Crippen molar-refractivity contribution < 1.29 is 14.3 Å². The molecule has 3 rings (SSSR count). The summed E-state index contributed by atoms with van der Waals surface area (Å²) in [7, 11) is 1.52. The van der Waals surface area contributed by atoms with E-state index >= 15 is 0 Å². The fourth-order valence-corrected chi connectivity index (χ4v) is 2.41. The van der Waals surface area contributed by atoms with Gasteiger partial charge in [-0.15, -0.1) is 5.10 Å². The standard InChI is InChI=1S/C18H19N5O4/c1-4-26-17(25)14-15(27-10-13-8-6-5-7-9-13)16(24)22(3)18(20-14)23-11-19-12(2)21-23/h5-9,11H,4,10H2,1-3H3. The number of nitrogens with zero attached hydrogens (tertiary/aromatic N) is 5. The lowest BCUT2D eigenvalue weighted by Gasteiger charge is -2.14. The van der Waals surface area contributed by atoms with Gasteiger partial charge in [0.25, 0.3) is 5.56 Å². The number of hydrogen-bond acceptors (Lipinski definition) is 7. The second kappa shape index (κ2) is 7.81.